The van der Waals surface area contributed by atoms with Crippen molar-refractivity contribution in [3.8, 4) is 22.6 Å². The smallest absolute Gasteiger partial charge is 0.260 e. The second-order valence-electron chi connectivity index (χ2n) is 10.9. The van der Waals surface area contributed by atoms with Crippen molar-refractivity contribution in [3.63, 3.8) is 0 Å². The minimum absolute atomic E-state index is 0.0408. The molecule has 13 heteroatoms. The van der Waals surface area contributed by atoms with Crippen LogP contribution >= 0.6 is 23.2 Å². The summed E-state index contributed by atoms with van der Waals surface area (Å²) in [5.41, 5.74) is 0.765. The Morgan fingerprint density at radius 3 is 2.44 bits per heavy atom. The van der Waals surface area contributed by atoms with Crippen LogP contribution in [0.1, 0.15) is 25.3 Å². The van der Waals surface area contributed by atoms with Crippen LogP contribution in [0.4, 0.5) is 5.95 Å². The zero-order valence-electron chi connectivity index (χ0n) is 24.7. The number of hydrogen-bond acceptors (Lipinski definition) is 9. The molecule has 11 nitrogen and oxygen atoms in total. The van der Waals surface area contributed by atoms with Gasteiger partial charge in [-0.05, 0) is 39.4 Å². The van der Waals surface area contributed by atoms with Gasteiger partial charge in [0.25, 0.3) is 5.56 Å². The first-order valence-electron chi connectivity index (χ1n) is 14.2. The van der Waals surface area contributed by atoms with Crippen LogP contribution in [-0.4, -0.2) is 97.4 Å². The number of rotatable bonds is 9. The number of piperidine rings is 1. The molecule has 1 aromatic carbocycles. The van der Waals surface area contributed by atoms with Gasteiger partial charge in [0.05, 0.1) is 42.5 Å². The molecule has 1 atom stereocenters. The number of fused-ring (bicyclic) bond motifs is 1. The van der Waals surface area contributed by atoms with E-state index in [1.807, 2.05) is 30.0 Å². The Hall–Kier alpha value is -3.38. The highest BCUT2D eigenvalue weighted by Gasteiger charge is 2.29. The van der Waals surface area contributed by atoms with E-state index in [1.165, 1.54) is 14.2 Å². The first-order valence-corrected chi connectivity index (χ1v) is 14.9. The van der Waals surface area contributed by atoms with Crippen LogP contribution in [0.25, 0.3) is 22.2 Å². The number of aromatic nitrogens is 3. The molecule has 1 amide bonds. The van der Waals surface area contributed by atoms with Crippen LogP contribution in [0.5, 0.6) is 11.5 Å². The topological polar surface area (TPSA) is 111 Å². The van der Waals surface area contributed by atoms with Crippen molar-refractivity contribution in [3.05, 3.63) is 50.9 Å². The van der Waals surface area contributed by atoms with Gasteiger partial charge in [0, 0.05) is 61.6 Å². The lowest BCUT2D eigenvalue weighted by molar-refractivity contribution is -0.127. The monoisotopic (exact) mass is 630 g/mol. The maximum absolute atomic E-state index is 14.4. The van der Waals surface area contributed by atoms with Crippen LogP contribution in [0.15, 0.2) is 35.3 Å². The predicted molar refractivity (Wildman–Crippen MR) is 168 cm³/mol. The number of nitrogens with zero attached hydrogens (tertiary/aromatic N) is 5. The number of methoxy groups -OCH3 is 2. The lowest BCUT2D eigenvalue weighted by atomic mass is 10.0. The zero-order valence-corrected chi connectivity index (χ0v) is 26.2. The van der Waals surface area contributed by atoms with E-state index in [9.17, 15) is 9.59 Å². The molecular weight excluding hydrogens is 595 g/mol. The molecule has 5 rings (SSSR count). The van der Waals surface area contributed by atoms with Crippen LogP contribution < -0.4 is 20.3 Å². The number of likely N-dealkylation sites (N-methyl/N-ethyl adjacent to an activating group) is 1. The maximum atomic E-state index is 14.4. The van der Waals surface area contributed by atoms with Gasteiger partial charge in [0.1, 0.15) is 17.1 Å². The molecule has 4 heterocycles. The average molecular weight is 632 g/mol. The fourth-order valence-electron chi connectivity index (χ4n) is 5.47. The van der Waals surface area contributed by atoms with Crippen molar-refractivity contribution in [2.45, 2.75) is 31.3 Å². The Bertz CT molecular complexity index is 1550. The van der Waals surface area contributed by atoms with Gasteiger partial charge < -0.3 is 29.3 Å². The van der Waals surface area contributed by atoms with E-state index in [2.05, 4.69) is 10.3 Å². The predicted octanol–water partition coefficient (Wildman–Crippen LogP) is 4.26. The number of pyridine rings is 1. The number of benzene rings is 1. The maximum Gasteiger partial charge on any atom is 0.260 e. The first-order chi connectivity index (χ1) is 20.7. The summed E-state index contributed by atoms with van der Waals surface area (Å²) in [6.45, 7) is 2.92. The van der Waals surface area contributed by atoms with Gasteiger partial charge >= 0.3 is 0 Å². The quantitative estimate of drug-likeness (QED) is 0.347. The van der Waals surface area contributed by atoms with Crippen molar-refractivity contribution in [2.75, 3.05) is 66.5 Å². The molecule has 2 aliphatic heterocycles. The van der Waals surface area contributed by atoms with Gasteiger partial charge in [-0.1, -0.05) is 29.3 Å². The third-order valence-electron chi connectivity index (χ3n) is 7.75. The van der Waals surface area contributed by atoms with E-state index in [0.717, 1.165) is 6.42 Å². The molecule has 2 fully saturated rings. The van der Waals surface area contributed by atoms with Gasteiger partial charge in [-0.3, -0.25) is 14.2 Å². The third kappa shape index (κ3) is 6.59. The van der Waals surface area contributed by atoms with Gasteiger partial charge in [0.15, 0.2) is 0 Å². The van der Waals surface area contributed by atoms with Crippen molar-refractivity contribution in [2.24, 2.45) is 0 Å². The van der Waals surface area contributed by atoms with Gasteiger partial charge in [-0.25, -0.2) is 4.98 Å². The highest BCUT2D eigenvalue weighted by molar-refractivity contribution is 6.41. The van der Waals surface area contributed by atoms with Gasteiger partial charge in [-0.2, -0.15) is 4.98 Å². The summed E-state index contributed by atoms with van der Waals surface area (Å²) in [5.74, 6) is 1.03. The van der Waals surface area contributed by atoms with E-state index in [0.29, 0.717) is 79.7 Å². The lowest BCUT2D eigenvalue weighted by Crippen LogP contribution is -2.40. The summed E-state index contributed by atoms with van der Waals surface area (Å²) in [4.78, 5) is 40.4. The summed E-state index contributed by atoms with van der Waals surface area (Å²) in [7, 11) is 6.87. The zero-order chi connectivity index (χ0) is 30.7. The van der Waals surface area contributed by atoms with Crippen molar-refractivity contribution >= 4 is 46.1 Å². The average Bonchev–Trinajstić information content (AvgIpc) is 3.51. The normalized spacial score (nSPS) is 17.7. The van der Waals surface area contributed by atoms with Gasteiger partial charge in [0.2, 0.25) is 11.9 Å². The minimum atomic E-state index is -0.309. The highest BCUT2D eigenvalue weighted by Crippen LogP contribution is 2.45. The number of ether oxygens (including phenoxy) is 3. The number of carbonyl (C=O) groups is 1. The van der Waals surface area contributed by atoms with E-state index in [1.54, 1.807) is 29.0 Å². The van der Waals surface area contributed by atoms with Crippen LogP contribution in [0, 0.1) is 0 Å². The van der Waals surface area contributed by atoms with Crippen LogP contribution in [0.3, 0.4) is 0 Å². The molecule has 0 radical (unpaired) electrons. The molecule has 2 aromatic heterocycles. The summed E-state index contributed by atoms with van der Waals surface area (Å²) in [5, 5.41) is 4.36. The fourth-order valence-corrected chi connectivity index (χ4v) is 6.18. The molecule has 0 bridgehead atoms. The van der Waals surface area contributed by atoms with E-state index in [4.69, 9.17) is 42.4 Å². The second kappa shape index (κ2) is 13.5. The molecule has 1 unspecified atom stereocenters. The molecule has 43 heavy (non-hydrogen) atoms. The number of carbonyl (C=O) groups excluding carboxylic acids is 1. The first kappa shape index (κ1) is 31.1. The Balaban J connectivity index is 1.58. The molecule has 0 spiro atoms. The lowest BCUT2D eigenvalue weighted by Gasteiger charge is -2.33. The summed E-state index contributed by atoms with van der Waals surface area (Å²) in [6.07, 6.45) is 7.13. The molecule has 0 saturated carbocycles. The van der Waals surface area contributed by atoms with Gasteiger partial charge in [-0.15, -0.1) is 0 Å². The Kier molecular flexibility index (Phi) is 9.75. The molecule has 1 N–H and O–H groups in total. The molecule has 3 aromatic rings. The number of nitrogens with one attached hydrogen (secondary N) is 1. The Morgan fingerprint density at radius 1 is 1.14 bits per heavy atom. The number of anilines is 1. The Labute approximate surface area is 260 Å². The van der Waals surface area contributed by atoms with Crippen molar-refractivity contribution < 1.29 is 19.0 Å². The molecular formula is C30H36Cl2N6O5. The summed E-state index contributed by atoms with van der Waals surface area (Å²) in [6, 6.07) is 3.15. The van der Waals surface area contributed by atoms with Crippen LogP contribution in [0.2, 0.25) is 10.0 Å². The number of halogens is 2. The Morgan fingerprint density at radius 2 is 1.84 bits per heavy atom. The molecule has 2 saturated heterocycles. The van der Waals surface area contributed by atoms with E-state index in [-0.39, 0.29) is 39.2 Å². The fraction of sp³-hybridized carbons (Fsp3) is 0.467. The largest absolute Gasteiger partial charge is 0.495 e. The molecule has 230 valence electrons. The second-order valence-corrected chi connectivity index (χ2v) is 11.7. The summed E-state index contributed by atoms with van der Waals surface area (Å²) >= 11 is 13.5. The number of likely N-dealkylation sites (tertiary alicyclic amines) is 1. The van der Waals surface area contributed by atoms with E-state index >= 15 is 0 Å². The SMILES string of the molecule is COc1cc(OC)c(Cl)c(-c2cc3cnc(NC4CCOC4)nc3n(C3CCN(C(=O)/C=C/CN(C)C)CC3)c2=O)c1Cl. The minimum Gasteiger partial charge on any atom is -0.495 e. The number of amides is 1. The summed E-state index contributed by atoms with van der Waals surface area (Å²) < 4.78 is 18.1. The highest BCUT2D eigenvalue weighted by atomic mass is 35.5. The molecule has 2 aliphatic rings. The van der Waals surface area contributed by atoms with Crippen molar-refractivity contribution in [1.29, 1.82) is 0 Å². The molecule has 0 aliphatic carbocycles. The standard InChI is InChI=1S/C30H36Cl2N6O5/c1-36(2)10-5-6-24(39)37-11-7-20(8-12-37)38-28-18(16-33-30(35-28)34-19-9-13-43-17-19)14-21(29(38)40)25-26(31)22(41-3)15-23(42-4)27(25)32/h5-6,14-16,19-20H,7-13,17H2,1-4H3,(H,33,34,35)/b6-5+. The van der Waals surface area contributed by atoms with Crippen LogP contribution in [-0.2, 0) is 9.53 Å². The number of hydrogen-bond donors (Lipinski definition) is 1. The van der Waals surface area contributed by atoms with E-state index < -0.39 is 0 Å². The third-order valence-corrected chi connectivity index (χ3v) is 8.50. The van der Waals surface area contributed by atoms with Crippen molar-refractivity contribution in [1.82, 2.24) is 24.3 Å².